The van der Waals surface area contributed by atoms with E-state index in [1.165, 1.54) is 5.56 Å². The van der Waals surface area contributed by atoms with Gasteiger partial charge >= 0.3 is 0 Å². The van der Waals surface area contributed by atoms with Gasteiger partial charge in [-0.15, -0.1) is 0 Å². The third kappa shape index (κ3) is 4.65. The molecule has 2 aromatic rings. The predicted molar refractivity (Wildman–Crippen MR) is 95.1 cm³/mol. The topological polar surface area (TPSA) is 71.5 Å². The van der Waals surface area contributed by atoms with Gasteiger partial charge in [0.05, 0.1) is 18.4 Å². The zero-order valence-electron chi connectivity index (χ0n) is 14.4. The first-order valence-corrected chi connectivity index (χ1v) is 8.63. The van der Waals surface area contributed by atoms with Crippen molar-refractivity contribution >= 4 is 5.91 Å². The molecule has 0 saturated heterocycles. The Morgan fingerprint density at radius 3 is 2.68 bits per heavy atom. The average Bonchev–Trinajstić information content (AvgIpc) is 2.60. The largest absolute Gasteiger partial charge is 0.393 e. The van der Waals surface area contributed by atoms with Crippen molar-refractivity contribution in [2.75, 3.05) is 7.11 Å². The van der Waals surface area contributed by atoms with E-state index in [4.69, 9.17) is 4.74 Å². The van der Waals surface area contributed by atoms with Gasteiger partial charge < -0.3 is 15.2 Å². The summed E-state index contributed by atoms with van der Waals surface area (Å²) in [7, 11) is 1.60. The monoisotopic (exact) mass is 340 g/mol. The van der Waals surface area contributed by atoms with E-state index in [9.17, 15) is 9.90 Å². The standard InChI is InChI=1S/C20H24N2O3/c1-25-13-16-8-5-9-18(21-16)20(24)22-19(15-11-17(23)12-15)10-14-6-3-2-4-7-14/h2-9,15,17,19,23H,10-13H2,1H3,(H,22,24). The van der Waals surface area contributed by atoms with E-state index in [-0.39, 0.29) is 18.1 Å². The number of aromatic nitrogens is 1. The van der Waals surface area contributed by atoms with Crippen molar-refractivity contribution < 1.29 is 14.6 Å². The van der Waals surface area contributed by atoms with Gasteiger partial charge in [0.2, 0.25) is 0 Å². The number of hydrogen-bond donors (Lipinski definition) is 2. The fourth-order valence-electron chi connectivity index (χ4n) is 3.24. The molecule has 1 aliphatic rings. The lowest BCUT2D eigenvalue weighted by Crippen LogP contribution is -2.48. The van der Waals surface area contributed by atoms with E-state index in [0.29, 0.717) is 18.2 Å². The number of rotatable bonds is 7. The van der Waals surface area contributed by atoms with Crippen LogP contribution in [0.1, 0.15) is 34.6 Å². The Morgan fingerprint density at radius 2 is 2.00 bits per heavy atom. The molecule has 1 heterocycles. The molecule has 1 aromatic heterocycles. The van der Waals surface area contributed by atoms with Crippen LogP contribution >= 0.6 is 0 Å². The number of benzene rings is 1. The van der Waals surface area contributed by atoms with Crippen molar-refractivity contribution in [3.63, 3.8) is 0 Å². The molecule has 1 atom stereocenters. The number of pyridine rings is 1. The van der Waals surface area contributed by atoms with Crippen LogP contribution in [-0.2, 0) is 17.8 Å². The molecule has 1 aromatic carbocycles. The maximum atomic E-state index is 12.7. The molecule has 2 N–H and O–H groups in total. The smallest absolute Gasteiger partial charge is 0.270 e. The summed E-state index contributed by atoms with van der Waals surface area (Å²) >= 11 is 0. The Labute approximate surface area is 148 Å². The normalized spacial score (nSPS) is 20.6. The van der Waals surface area contributed by atoms with E-state index >= 15 is 0 Å². The van der Waals surface area contributed by atoms with E-state index in [1.807, 2.05) is 30.3 Å². The Hall–Kier alpha value is -2.24. The highest BCUT2D eigenvalue weighted by Gasteiger charge is 2.35. The second-order valence-corrected chi connectivity index (χ2v) is 6.60. The predicted octanol–water partition coefficient (Wildman–Crippen LogP) is 2.34. The molecule has 1 unspecified atom stereocenters. The first kappa shape index (κ1) is 17.6. The molecule has 25 heavy (non-hydrogen) atoms. The Morgan fingerprint density at radius 1 is 1.24 bits per heavy atom. The molecule has 1 aliphatic carbocycles. The summed E-state index contributed by atoms with van der Waals surface area (Å²) in [6.45, 7) is 0.378. The molecule has 0 bridgehead atoms. The number of nitrogens with zero attached hydrogens (tertiary/aromatic N) is 1. The zero-order chi connectivity index (χ0) is 17.6. The summed E-state index contributed by atoms with van der Waals surface area (Å²) in [5.74, 6) is 0.113. The van der Waals surface area contributed by atoms with Crippen LogP contribution in [0.25, 0.3) is 0 Å². The van der Waals surface area contributed by atoms with Crippen LogP contribution in [0.15, 0.2) is 48.5 Å². The van der Waals surface area contributed by atoms with Gasteiger partial charge in [-0.25, -0.2) is 4.98 Å². The SMILES string of the molecule is COCc1cccc(C(=O)NC(Cc2ccccc2)C2CC(O)C2)n1. The van der Waals surface area contributed by atoms with Crippen molar-refractivity contribution in [2.45, 2.75) is 38.0 Å². The molecule has 1 amide bonds. The third-order valence-corrected chi connectivity index (χ3v) is 4.67. The van der Waals surface area contributed by atoms with Crippen LogP contribution in [-0.4, -0.2) is 35.3 Å². The number of methoxy groups -OCH3 is 1. The fraction of sp³-hybridized carbons (Fsp3) is 0.400. The third-order valence-electron chi connectivity index (χ3n) is 4.67. The van der Waals surface area contributed by atoms with Gasteiger partial charge in [0, 0.05) is 13.2 Å². The van der Waals surface area contributed by atoms with Gasteiger partial charge in [-0.2, -0.15) is 0 Å². The number of carbonyl (C=O) groups excluding carboxylic acids is 1. The quantitative estimate of drug-likeness (QED) is 0.811. The minimum atomic E-state index is -0.247. The highest BCUT2D eigenvalue weighted by molar-refractivity contribution is 5.92. The number of ether oxygens (including phenoxy) is 1. The van der Waals surface area contributed by atoms with Crippen molar-refractivity contribution in [3.05, 3.63) is 65.5 Å². The first-order chi connectivity index (χ1) is 12.2. The van der Waals surface area contributed by atoms with E-state index in [1.54, 1.807) is 13.2 Å². The first-order valence-electron chi connectivity index (χ1n) is 8.63. The summed E-state index contributed by atoms with van der Waals surface area (Å²) in [5, 5.41) is 12.8. The molecule has 132 valence electrons. The highest BCUT2D eigenvalue weighted by Crippen LogP contribution is 2.31. The Bertz CT molecular complexity index is 699. The number of hydrogen-bond acceptors (Lipinski definition) is 4. The maximum absolute atomic E-state index is 12.7. The number of aliphatic hydroxyl groups is 1. The minimum Gasteiger partial charge on any atom is -0.393 e. The number of carbonyl (C=O) groups is 1. The van der Waals surface area contributed by atoms with Gasteiger partial charge in [-0.05, 0) is 42.9 Å². The lowest BCUT2D eigenvalue weighted by atomic mass is 9.75. The van der Waals surface area contributed by atoms with E-state index < -0.39 is 0 Å². The molecule has 5 nitrogen and oxygen atoms in total. The van der Waals surface area contributed by atoms with Crippen LogP contribution in [0.5, 0.6) is 0 Å². The zero-order valence-corrected chi connectivity index (χ0v) is 14.4. The average molecular weight is 340 g/mol. The molecule has 0 spiro atoms. The molecule has 1 saturated carbocycles. The maximum Gasteiger partial charge on any atom is 0.270 e. The fourth-order valence-corrected chi connectivity index (χ4v) is 3.24. The van der Waals surface area contributed by atoms with E-state index in [0.717, 1.165) is 25.0 Å². The van der Waals surface area contributed by atoms with Crippen molar-refractivity contribution in [1.29, 1.82) is 0 Å². The summed E-state index contributed by atoms with van der Waals surface area (Å²) in [5.41, 5.74) is 2.30. The molecule has 0 aliphatic heterocycles. The Kier molecular flexibility index (Phi) is 5.79. The molecule has 3 rings (SSSR count). The van der Waals surface area contributed by atoms with Crippen molar-refractivity contribution in [1.82, 2.24) is 10.3 Å². The van der Waals surface area contributed by atoms with Crippen LogP contribution in [0, 0.1) is 5.92 Å². The summed E-state index contributed by atoms with van der Waals surface area (Å²) < 4.78 is 5.08. The lowest BCUT2D eigenvalue weighted by Gasteiger charge is -2.38. The van der Waals surface area contributed by atoms with Crippen LogP contribution < -0.4 is 5.32 Å². The van der Waals surface area contributed by atoms with E-state index in [2.05, 4.69) is 22.4 Å². The van der Waals surface area contributed by atoms with Crippen molar-refractivity contribution in [3.8, 4) is 0 Å². The molecular weight excluding hydrogens is 316 g/mol. The highest BCUT2D eigenvalue weighted by atomic mass is 16.5. The number of amides is 1. The Balaban J connectivity index is 1.70. The molecule has 1 fully saturated rings. The minimum absolute atomic E-state index is 0.00817. The van der Waals surface area contributed by atoms with Crippen LogP contribution in [0.2, 0.25) is 0 Å². The second kappa shape index (κ2) is 8.23. The summed E-state index contributed by atoms with van der Waals surface area (Å²) in [6, 6.07) is 15.5. The van der Waals surface area contributed by atoms with Gasteiger partial charge in [-0.1, -0.05) is 36.4 Å². The van der Waals surface area contributed by atoms with Gasteiger partial charge in [-0.3, -0.25) is 4.79 Å². The van der Waals surface area contributed by atoms with Gasteiger partial charge in [0.15, 0.2) is 0 Å². The van der Waals surface area contributed by atoms with Crippen molar-refractivity contribution in [2.24, 2.45) is 5.92 Å². The molecule has 0 radical (unpaired) electrons. The second-order valence-electron chi connectivity index (χ2n) is 6.60. The van der Waals surface area contributed by atoms with Crippen LogP contribution in [0.4, 0.5) is 0 Å². The lowest BCUT2D eigenvalue weighted by molar-refractivity contribution is 0.0238. The van der Waals surface area contributed by atoms with Gasteiger partial charge in [0.1, 0.15) is 5.69 Å². The van der Waals surface area contributed by atoms with Crippen LogP contribution in [0.3, 0.4) is 0 Å². The summed E-state index contributed by atoms with van der Waals surface area (Å²) in [6.07, 6.45) is 1.97. The van der Waals surface area contributed by atoms with Gasteiger partial charge in [0.25, 0.3) is 5.91 Å². The molecule has 5 heteroatoms. The summed E-state index contributed by atoms with van der Waals surface area (Å²) in [4.78, 5) is 17.0. The number of aliphatic hydroxyl groups excluding tert-OH is 1. The number of nitrogens with one attached hydrogen (secondary N) is 1. The molecular formula is C20H24N2O3.